The molecular weight excluding hydrogens is 499 g/mol. The molecular formula is C27H43IO3. The van der Waals surface area contributed by atoms with E-state index in [0.717, 1.165) is 67.5 Å². The molecule has 5 aliphatic rings. The van der Waals surface area contributed by atoms with Gasteiger partial charge in [-0.25, -0.2) is 0 Å². The molecule has 4 unspecified atom stereocenters. The van der Waals surface area contributed by atoms with Crippen LogP contribution in [-0.2, 0) is 14.3 Å². The molecule has 0 bridgehead atoms. The number of carbonyl (C=O) groups excluding carboxylic acids is 1. The molecule has 0 amide bonds. The van der Waals surface area contributed by atoms with Crippen LogP contribution in [0, 0.1) is 35.0 Å². The Bertz CT molecular complexity index is 667. The van der Waals surface area contributed by atoms with Gasteiger partial charge < -0.3 is 9.47 Å². The molecule has 4 aliphatic carbocycles. The molecule has 1 saturated heterocycles. The van der Waals surface area contributed by atoms with Crippen molar-refractivity contribution in [1.29, 1.82) is 0 Å². The first kappa shape index (κ1) is 24.2. The number of hydrogen-bond acceptors (Lipinski definition) is 3. The van der Waals surface area contributed by atoms with Crippen molar-refractivity contribution < 1.29 is 14.3 Å². The Kier molecular flexibility index (Phi) is 7.91. The van der Waals surface area contributed by atoms with Gasteiger partial charge in [-0.1, -0.05) is 55.4 Å². The molecule has 3 nitrogen and oxygen atoms in total. The summed E-state index contributed by atoms with van der Waals surface area (Å²) in [5, 5.41) is 0. The predicted octanol–water partition coefficient (Wildman–Crippen LogP) is 7.12. The fourth-order valence-electron chi connectivity index (χ4n) is 8.25. The normalized spacial score (nSPS) is 41.2. The number of rotatable bonds is 3. The molecule has 1 heterocycles. The number of halogens is 1. The topological polar surface area (TPSA) is 35.5 Å². The zero-order valence-corrected chi connectivity index (χ0v) is 22.1. The van der Waals surface area contributed by atoms with Crippen molar-refractivity contribution in [2.45, 2.75) is 97.2 Å². The molecule has 176 valence electrons. The van der Waals surface area contributed by atoms with Gasteiger partial charge in [-0.2, -0.15) is 0 Å². The van der Waals surface area contributed by atoms with E-state index < -0.39 is 5.79 Å². The third-order valence-corrected chi connectivity index (χ3v) is 9.93. The highest BCUT2D eigenvalue weighted by molar-refractivity contribution is 14.1. The maximum atomic E-state index is 13.3. The minimum Gasteiger partial charge on any atom is -0.344 e. The standard InChI is InChI=1S/C25H37IO3.C2H6/c1-2-17-15-18-16-25(28-13-14-29-25)9-4-5-19(18)20-8-10-24(11-12-26)21(23(17)20)6-3-7-22(24)27;1-2/h16-17,19-21,23H,2-15H2,1H3;1-2H3/t17-,19?,20?,21?,23?,24-;/m1./s1. The van der Waals surface area contributed by atoms with Gasteiger partial charge in [-0.15, -0.1) is 0 Å². The Hall–Kier alpha value is 0.0600. The van der Waals surface area contributed by atoms with E-state index in [1.807, 2.05) is 13.8 Å². The summed E-state index contributed by atoms with van der Waals surface area (Å²) in [6.45, 7) is 7.86. The van der Waals surface area contributed by atoms with Gasteiger partial charge in [-0.05, 0) is 87.0 Å². The number of ketones is 1. The molecule has 5 rings (SSSR count). The van der Waals surface area contributed by atoms with Crippen LogP contribution in [0.15, 0.2) is 11.6 Å². The van der Waals surface area contributed by atoms with Crippen molar-refractivity contribution in [3.8, 4) is 0 Å². The lowest BCUT2D eigenvalue weighted by molar-refractivity contribution is -0.149. The summed E-state index contributed by atoms with van der Waals surface area (Å²) in [5.74, 6) is 3.79. The van der Waals surface area contributed by atoms with E-state index in [2.05, 4.69) is 35.6 Å². The largest absolute Gasteiger partial charge is 0.344 e. The van der Waals surface area contributed by atoms with Gasteiger partial charge in [0.05, 0.1) is 13.2 Å². The van der Waals surface area contributed by atoms with Crippen LogP contribution in [0.1, 0.15) is 91.4 Å². The summed E-state index contributed by atoms with van der Waals surface area (Å²) in [7, 11) is 0. The van der Waals surface area contributed by atoms with E-state index in [1.54, 1.807) is 5.57 Å². The Morgan fingerprint density at radius 1 is 1.10 bits per heavy atom. The number of alkyl halides is 1. The van der Waals surface area contributed by atoms with Crippen LogP contribution < -0.4 is 0 Å². The Morgan fingerprint density at radius 2 is 1.87 bits per heavy atom. The average molecular weight is 543 g/mol. The second-order valence-electron chi connectivity index (χ2n) is 10.4. The fraction of sp³-hybridized carbons (Fsp3) is 0.889. The van der Waals surface area contributed by atoms with E-state index in [9.17, 15) is 4.79 Å². The van der Waals surface area contributed by atoms with Gasteiger partial charge in [-0.3, -0.25) is 4.79 Å². The molecule has 0 radical (unpaired) electrons. The Balaban J connectivity index is 0.00000112. The van der Waals surface area contributed by atoms with Crippen LogP contribution >= 0.6 is 22.6 Å². The third-order valence-electron chi connectivity index (χ3n) is 9.39. The monoisotopic (exact) mass is 542 g/mol. The second-order valence-corrected chi connectivity index (χ2v) is 11.5. The number of Topliss-reactive ketones (excluding diaryl/α,β-unsaturated/α-hetero) is 1. The lowest BCUT2D eigenvalue weighted by Gasteiger charge is -2.59. The number of allylic oxidation sites excluding steroid dienone is 1. The van der Waals surface area contributed by atoms with Gasteiger partial charge in [0.1, 0.15) is 5.78 Å². The number of carbonyl (C=O) groups is 1. The molecule has 6 atom stereocenters. The highest BCUT2D eigenvalue weighted by Gasteiger charge is 2.58. The van der Waals surface area contributed by atoms with Crippen molar-refractivity contribution in [2.75, 3.05) is 17.6 Å². The Morgan fingerprint density at radius 3 is 2.58 bits per heavy atom. The predicted molar refractivity (Wildman–Crippen MR) is 134 cm³/mol. The van der Waals surface area contributed by atoms with Gasteiger partial charge in [0, 0.05) is 22.7 Å². The number of hydrogen-bond donors (Lipinski definition) is 0. The van der Waals surface area contributed by atoms with E-state index in [-0.39, 0.29) is 5.41 Å². The summed E-state index contributed by atoms with van der Waals surface area (Å²) < 4.78 is 13.4. The van der Waals surface area contributed by atoms with Crippen molar-refractivity contribution in [3.63, 3.8) is 0 Å². The zero-order chi connectivity index (χ0) is 22.1. The van der Waals surface area contributed by atoms with E-state index in [0.29, 0.717) is 17.6 Å². The quantitative estimate of drug-likeness (QED) is 0.217. The first-order chi connectivity index (χ1) is 15.1. The highest BCUT2D eigenvalue weighted by Crippen LogP contribution is 2.63. The average Bonchev–Trinajstić information content (AvgIpc) is 3.16. The van der Waals surface area contributed by atoms with Crippen LogP contribution in [0.3, 0.4) is 0 Å². The van der Waals surface area contributed by atoms with Crippen LogP contribution in [0.2, 0.25) is 0 Å². The molecule has 0 N–H and O–H groups in total. The maximum Gasteiger partial charge on any atom is 0.188 e. The molecule has 0 aromatic carbocycles. The minimum absolute atomic E-state index is 0.0128. The van der Waals surface area contributed by atoms with Crippen LogP contribution in [-0.4, -0.2) is 29.2 Å². The van der Waals surface area contributed by atoms with Crippen LogP contribution in [0.25, 0.3) is 0 Å². The minimum atomic E-state index is -0.421. The summed E-state index contributed by atoms with van der Waals surface area (Å²) >= 11 is 2.51. The first-order valence-electron chi connectivity index (χ1n) is 13.2. The van der Waals surface area contributed by atoms with Crippen molar-refractivity contribution in [1.82, 2.24) is 0 Å². The molecule has 1 spiro atoms. The number of fused-ring (bicyclic) bond motifs is 5. The summed E-state index contributed by atoms with van der Waals surface area (Å²) in [6, 6.07) is 0. The molecule has 3 saturated carbocycles. The van der Waals surface area contributed by atoms with Crippen LogP contribution in [0.5, 0.6) is 0 Å². The Labute approximate surface area is 203 Å². The first-order valence-corrected chi connectivity index (χ1v) is 14.7. The van der Waals surface area contributed by atoms with Gasteiger partial charge in [0.15, 0.2) is 5.79 Å². The second kappa shape index (κ2) is 10.1. The van der Waals surface area contributed by atoms with Crippen molar-refractivity contribution in [3.05, 3.63) is 11.6 Å². The smallest absolute Gasteiger partial charge is 0.188 e. The molecule has 0 aromatic heterocycles. The van der Waals surface area contributed by atoms with Crippen molar-refractivity contribution in [2.24, 2.45) is 35.0 Å². The zero-order valence-electron chi connectivity index (χ0n) is 20.0. The number of ether oxygens (including phenoxy) is 2. The SMILES string of the molecule is CC.CC[C@@H]1CC2=CC3(CCCC2C2CC[C@]4(CCI)C(=O)CCCC4C21)OCCO3. The lowest BCUT2D eigenvalue weighted by Crippen LogP contribution is -2.55. The van der Waals surface area contributed by atoms with E-state index in [1.165, 1.54) is 38.5 Å². The summed E-state index contributed by atoms with van der Waals surface area (Å²) in [4.78, 5) is 13.3. The van der Waals surface area contributed by atoms with E-state index >= 15 is 0 Å². The highest BCUT2D eigenvalue weighted by atomic mass is 127. The molecule has 4 fully saturated rings. The van der Waals surface area contributed by atoms with Gasteiger partial charge in [0.2, 0.25) is 0 Å². The van der Waals surface area contributed by atoms with Gasteiger partial charge in [0.25, 0.3) is 0 Å². The van der Waals surface area contributed by atoms with E-state index in [4.69, 9.17) is 9.47 Å². The molecule has 4 heteroatoms. The van der Waals surface area contributed by atoms with Crippen molar-refractivity contribution >= 4 is 28.4 Å². The maximum absolute atomic E-state index is 13.3. The lowest BCUT2D eigenvalue weighted by atomic mass is 9.45. The van der Waals surface area contributed by atoms with Crippen LogP contribution in [0.4, 0.5) is 0 Å². The van der Waals surface area contributed by atoms with Gasteiger partial charge >= 0.3 is 0 Å². The molecule has 0 aromatic rings. The summed E-state index contributed by atoms with van der Waals surface area (Å²) in [6.07, 6.45) is 15.2. The summed E-state index contributed by atoms with van der Waals surface area (Å²) in [5.41, 5.74) is 1.65. The third kappa shape index (κ3) is 4.20. The molecule has 31 heavy (non-hydrogen) atoms. The molecule has 1 aliphatic heterocycles. The fourth-order valence-corrected chi connectivity index (χ4v) is 9.21.